The van der Waals surface area contributed by atoms with Crippen molar-refractivity contribution in [3.05, 3.63) is 18.1 Å². The maximum absolute atomic E-state index is 11.8. The molecule has 114 valence electrons. The third-order valence-corrected chi connectivity index (χ3v) is 3.29. The summed E-state index contributed by atoms with van der Waals surface area (Å²) in [6.45, 7) is 1.94. The highest BCUT2D eigenvalue weighted by Gasteiger charge is 2.22. The van der Waals surface area contributed by atoms with Crippen LogP contribution >= 0.6 is 0 Å². The molecule has 1 aliphatic heterocycles. The van der Waals surface area contributed by atoms with E-state index in [1.165, 1.54) is 31.5 Å². The van der Waals surface area contributed by atoms with Crippen LogP contribution in [0.2, 0.25) is 0 Å². The van der Waals surface area contributed by atoms with Crippen LogP contribution in [0.5, 0.6) is 0 Å². The molecule has 0 aliphatic carbocycles. The maximum atomic E-state index is 11.8. The Morgan fingerprint density at radius 3 is 2.38 bits per heavy atom. The molecule has 0 atom stereocenters. The molecule has 21 heavy (non-hydrogen) atoms. The first-order valence-corrected chi connectivity index (χ1v) is 6.40. The lowest BCUT2D eigenvalue weighted by molar-refractivity contribution is -0.0760. The molecule has 2 heterocycles. The number of anilines is 1. The first kappa shape index (κ1) is 15.0. The van der Waals surface area contributed by atoms with E-state index in [4.69, 9.17) is 9.94 Å². The van der Waals surface area contributed by atoms with Crippen LogP contribution in [-0.2, 0) is 4.84 Å². The molecule has 1 aliphatic rings. The molecule has 9 nitrogen and oxygen atoms in total. The zero-order chi connectivity index (χ0) is 15.4. The molecule has 1 aromatic rings. The lowest BCUT2D eigenvalue weighted by atomic mass is 10.3. The Bertz CT molecular complexity index is 513. The minimum atomic E-state index is -0.913. The molecule has 0 saturated carbocycles. The summed E-state index contributed by atoms with van der Waals surface area (Å²) in [6, 6.07) is 0. The van der Waals surface area contributed by atoms with E-state index < -0.39 is 6.09 Å². The highest BCUT2D eigenvalue weighted by atomic mass is 16.7. The van der Waals surface area contributed by atoms with Crippen LogP contribution < -0.4 is 4.90 Å². The topological polar surface area (TPSA) is 99.1 Å². The molecule has 0 aromatic carbocycles. The summed E-state index contributed by atoms with van der Waals surface area (Å²) in [5.74, 6) is 0.240. The van der Waals surface area contributed by atoms with Crippen molar-refractivity contribution in [3.8, 4) is 0 Å². The SMILES string of the molecule is CON(C)C(=O)c1cnc(N2CCN(C(=O)O)CC2)cn1. The maximum Gasteiger partial charge on any atom is 0.407 e. The van der Waals surface area contributed by atoms with Gasteiger partial charge in [0, 0.05) is 33.2 Å². The number of amides is 2. The fourth-order valence-corrected chi connectivity index (χ4v) is 1.97. The first-order valence-electron chi connectivity index (χ1n) is 6.40. The lowest BCUT2D eigenvalue weighted by Crippen LogP contribution is -2.48. The minimum absolute atomic E-state index is 0.187. The molecule has 1 fully saturated rings. The third-order valence-electron chi connectivity index (χ3n) is 3.29. The quantitative estimate of drug-likeness (QED) is 0.778. The van der Waals surface area contributed by atoms with Gasteiger partial charge in [0.2, 0.25) is 0 Å². The lowest BCUT2D eigenvalue weighted by Gasteiger charge is -2.33. The van der Waals surface area contributed by atoms with Gasteiger partial charge in [-0.25, -0.2) is 19.8 Å². The largest absolute Gasteiger partial charge is 0.465 e. The molecule has 2 rings (SSSR count). The van der Waals surface area contributed by atoms with Crippen LogP contribution in [0.4, 0.5) is 10.6 Å². The normalized spacial score (nSPS) is 15.0. The molecule has 9 heteroatoms. The Kier molecular flexibility index (Phi) is 4.53. The van der Waals surface area contributed by atoms with Crippen molar-refractivity contribution >= 4 is 17.8 Å². The summed E-state index contributed by atoms with van der Waals surface area (Å²) >= 11 is 0. The smallest absolute Gasteiger partial charge is 0.407 e. The van der Waals surface area contributed by atoms with Crippen LogP contribution in [0.1, 0.15) is 10.5 Å². The number of aromatic nitrogens is 2. The summed E-state index contributed by atoms with van der Waals surface area (Å²) in [4.78, 5) is 39.0. The van der Waals surface area contributed by atoms with E-state index in [0.29, 0.717) is 32.0 Å². The van der Waals surface area contributed by atoms with Gasteiger partial charge in [0.25, 0.3) is 5.91 Å². The zero-order valence-electron chi connectivity index (χ0n) is 11.9. The van der Waals surface area contributed by atoms with E-state index in [0.717, 1.165) is 5.06 Å². The number of hydroxylamine groups is 2. The van der Waals surface area contributed by atoms with Crippen molar-refractivity contribution in [3.63, 3.8) is 0 Å². The van der Waals surface area contributed by atoms with Crippen molar-refractivity contribution in [2.24, 2.45) is 0 Å². The average molecular weight is 295 g/mol. The fraction of sp³-hybridized carbons (Fsp3) is 0.500. The monoisotopic (exact) mass is 295 g/mol. The molecule has 0 spiro atoms. The van der Waals surface area contributed by atoms with E-state index in [9.17, 15) is 9.59 Å². The van der Waals surface area contributed by atoms with Crippen LogP contribution in [0.3, 0.4) is 0 Å². The predicted molar refractivity (Wildman–Crippen MR) is 72.9 cm³/mol. The van der Waals surface area contributed by atoms with E-state index in [1.54, 1.807) is 0 Å². The van der Waals surface area contributed by atoms with Gasteiger partial charge < -0.3 is 14.9 Å². The molecule has 1 N–H and O–H groups in total. The number of hydrogen-bond acceptors (Lipinski definition) is 6. The van der Waals surface area contributed by atoms with Crippen molar-refractivity contribution < 1.29 is 19.5 Å². The highest BCUT2D eigenvalue weighted by Crippen LogP contribution is 2.13. The fourth-order valence-electron chi connectivity index (χ4n) is 1.97. The van der Waals surface area contributed by atoms with Gasteiger partial charge in [0.15, 0.2) is 0 Å². The van der Waals surface area contributed by atoms with Crippen molar-refractivity contribution in [2.45, 2.75) is 0 Å². The van der Waals surface area contributed by atoms with Gasteiger partial charge in [-0.15, -0.1) is 0 Å². The van der Waals surface area contributed by atoms with E-state index in [-0.39, 0.29) is 11.6 Å². The van der Waals surface area contributed by atoms with Gasteiger partial charge in [-0.05, 0) is 0 Å². The standard InChI is InChI=1S/C12H17N5O4/c1-15(21-2)11(18)9-7-14-10(8-13-9)16-3-5-17(6-4-16)12(19)20/h7-8H,3-6H2,1-2H3,(H,19,20). The van der Waals surface area contributed by atoms with Crippen LogP contribution in [0.15, 0.2) is 12.4 Å². The Hall–Kier alpha value is -2.42. The Morgan fingerprint density at radius 2 is 1.90 bits per heavy atom. The number of carbonyl (C=O) groups is 2. The minimum Gasteiger partial charge on any atom is -0.465 e. The molecular formula is C12H17N5O4. The third kappa shape index (κ3) is 3.37. The second-order valence-corrected chi connectivity index (χ2v) is 4.50. The van der Waals surface area contributed by atoms with Gasteiger partial charge in [0.1, 0.15) is 11.5 Å². The van der Waals surface area contributed by atoms with Gasteiger partial charge in [-0.3, -0.25) is 9.63 Å². The van der Waals surface area contributed by atoms with Gasteiger partial charge in [-0.2, -0.15) is 0 Å². The molecule has 2 amide bonds. The van der Waals surface area contributed by atoms with Gasteiger partial charge in [-0.1, -0.05) is 0 Å². The Balaban J connectivity index is 2.00. The first-order chi connectivity index (χ1) is 10.0. The van der Waals surface area contributed by atoms with Crippen molar-refractivity contribution in [1.29, 1.82) is 0 Å². The summed E-state index contributed by atoms with van der Waals surface area (Å²) < 4.78 is 0. The second kappa shape index (κ2) is 6.35. The number of nitrogens with zero attached hydrogens (tertiary/aromatic N) is 5. The van der Waals surface area contributed by atoms with Crippen molar-refractivity contribution in [2.75, 3.05) is 45.2 Å². The summed E-state index contributed by atoms with van der Waals surface area (Å²) in [5, 5.41) is 9.96. The van der Waals surface area contributed by atoms with Crippen LogP contribution in [0.25, 0.3) is 0 Å². The Morgan fingerprint density at radius 1 is 1.24 bits per heavy atom. The number of piperazine rings is 1. The molecule has 0 bridgehead atoms. The van der Waals surface area contributed by atoms with Gasteiger partial charge >= 0.3 is 6.09 Å². The summed E-state index contributed by atoms with van der Waals surface area (Å²) in [7, 11) is 2.88. The molecule has 1 saturated heterocycles. The van der Waals surface area contributed by atoms with E-state index >= 15 is 0 Å². The van der Waals surface area contributed by atoms with Crippen LogP contribution in [0, 0.1) is 0 Å². The molecule has 0 unspecified atom stereocenters. The van der Waals surface area contributed by atoms with Crippen LogP contribution in [-0.4, -0.2) is 77.4 Å². The number of carbonyl (C=O) groups excluding carboxylic acids is 1. The summed E-state index contributed by atoms with van der Waals surface area (Å²) in [5.41, 5.74) is 0.187. The highest BCUT2D eigenvalue weighted by molar-refractivity contribution is 5.91. The number of rotatable bonds is 3. The van der Waals surface area contributed by atoms with Crippen molar-refractivity contribution in [1.82, 2.24) is 19.9 Å². The summed E-state index contributed by atoms with van der Waals surface area (Å²) in [6.07, 6.45) is 1.98. The van der Waals surface area contributed by atoms with E-state index in [2.05, 4.69) is 9.97 Å². The molecular weight excluding hydrogens is 278 g/mol. The molecule has 0 radical (unpaired) electrons. The van der Waals surface area contributed by atoms with Gasteiger partial charge in [0.05, 0.1) is 19.5 Å². The van der Waals surface area contributed by atoms with E-state index in [1.807, 2.05) is 4.90 Å². The Labute approximate surface area is 121 Å². The predicted octanol–water partition coefficient (Wildman–Crippen LogP) is -0.0900. The zero-order valence-corrected chi connectivity index (χ0v) is 11.9. The second-order valence-electron chi connectivity index (χ2n) is 4.50. The number of carboxylic acid groups (broad SMARTS) is 1. The number of hydrogen-bond donors (Lipinski definition) is 1. The average Bonchev–Trinajstić information content (AvgIpc) is 2.53. The molecule has 1 aromatic heterocycles.